The molecule has 0 aromatic heterocycles. The Labute approximate surface area is 228 Å². The molecule has 0 bridgehead atoms. The average molecular weight is 558 g/mol. The molecule has 0 fully saturated rings. The van der Waals surface area contributed by atoms with Gasteiger partial charge in [-0.3, -0.25) is 13.9 Å². The third kappa shape index (κ3) is 7.41. The van der Waals surface area contributed by atoms with E-state index >= 15 is 0 Å². The van der Waals surface area contributed by atoms with Crippen LogP contribution in [0.5, 0.6) is 0 Å². The molecule has 3 rings (SSSR count). The fourth-order valence-corrected chi connectivity index (χ4v) is 5.26. The van der Waals surface area contributed by atoms with Crippen molar-refractivity contribution in [3.05, 3.63) is 95.6 Å². The molecular weight excluding hydrogens is 524 g/mol. The number of para-hydroxylation sites is 1. The third-order valence-electron chi connectivity index (χ3n) is 6.44. The number of nitrogens with one attached hydrogen (secondary N) is 1. The van der Waals surface area contributed by atoms with Gasteiger partial charge in [-0.05, 0) is 69.2 Å². The van der Waals surface area contributed by atoms with Gasteiger partial charge in [-0.15, -0.1) is 0 Å². The number of hydrogen-bond acceptors (Lipinski definition) is 4. The largest absolute Gasteiger partial charge is 0.352 e. The van der Waals surface area contributed by atoms with Gasteiger partial charge in [-0.2, -0.15) is 0 Å². The highest BCUT2D eigenvalue weighted by Crippen LogP contribution is 2.27. The summed E-state index contributed by atoms with van der Waals surface area (Å²) < 4.78 is 56.6. The predicted octanol–water partition coefficient (Wildman–Crippen LogP) is 4.80. The first-order valence-electron chi connectivity index (χ1n) is 12.6. The summed E-state index contributed by atoms with van der Waals surface area (Å²) in [7, 11) is -4.37. The molecule has 0 aliphatic heterocycles. The number of aryl methyl sites for hydroxylation is 1. The van der Waals surface area contributed by atoms with E-state index in [4.69, 9.17) is 0 Å². The van der Waals surface area contributed by atoms with Gasteiger partial charge in [0.25, 0.3) is 10.0 Å². The minimum Gasteiger partial charge on any atom is -0.352 e. The van der Waals surface area contributed by atoms with E-state index < -0.39 is 46.1 Å². The first-order valence-corrected chi connectivity index (χ1v) is 14.1. The van der Waals surface area contributed by atoms with Crippen molar-refractivity contribution in [2.24, 2.45) is 0 Å². The van der Waals surface area contributed by atoms with Crippen molar-refractivity contribution in [3.63, 3.8) is 0 Å². The van der Waals surface area contributed by atoms with Crippen molar-refractivity contribution in [2.75, 3.05) is 10.8 Å². The third-order valence-corrected chi connectivity index (χ3v) is 8.22. The maximum atomic E-state index is 14.9. The molecule has 0 radical (unpaired) electrons. The quantitative estimate of drug-likeness (QED) is 0.367. The Kier molecular flexibility index (Phi) is 9.80. The van der Waals surface area contributed by atoms with Crippen LogP contribution in [0.4, 0.5) is 14.5 Å². The normalized spacial score (nSPS) is 12.9. The molecule has 0 aliphatic rings. The first kappa shape index (κ1) is 29.8. The highest BCUT2D eigenvalue weighted by Gasteiger charge is 2.33. The van der Waals surface area contributed by atoms with E-state index in [1.165, 1.54) is 66.4 Å². The molecule has 2 amide bonds. The molecule has 10 heteroatoms. The molecule has 0 spiro atoms. The molecule has 208 valence electrons. The monoisotopic (exact) mass is 557 g/mol. The summed E-state index contributed by atoms with van der Waals surface area (Å²) in [5.41, 5.74) is 1.06. The topological polar surface area (TPSA) is 86.8 Å². The smallest absolute Gasteiger partial charge is 0.264 e. The molecule has 2 atom stereocenters. The number of anilines is 1. The zero-order chi connectivity index (χ0) is 28.7. The molecule has 0 saturated heterocycles. The number of carbonyl (C=O) groups excluding carboxylic acids is 2. The van der Waals surface area contributed by atoms with Crippen LogP contribution in [0.25, 0.3) is 0 Å². The lowest BCUT2D eigenvalue weighted by atomic mass is 10.1. The summed E-state index contributed by atoms with van der Waals surface area (Å²) in [4.78, 5) is 27.9. The molecule has 7 nitrogen and oxygen atoms in total. The van der Waals surface area contributed by atoms with Crippen molar-refractivity contribution in [3.8, 4) is 0 Å². The molecule has 0 heterocycles. The van der Waals surface area contributed by atoms with Crippen LogP contribution in [0.2, 0.25) is 0 Å². The summed E-state index contributed by atoms with van der Waals surface area (Å²) in [6.07, 6.45) is 0.667. The molecule has 39 heavy (non-hydrogen) atoms. The standard InChI is InChI=1S/C29H33F2N3O4S/c1-5-21(3)32-29(36)22(4)33(18-23-12-14-24(30)15-13-23)28(35)19-34(27-9-7-6-8-26(27)31)39(37,38)25-16-10-20(2)11-17-25/h6-17,21-22H,5,18-19H2,1-4H3,(H,32,36)/t21-,22-/m0/s1. The van der Waals surface area contributed by atoms with Crippen molar-refractivity contribution in [1.29, 1.82) is 0 Å². The Hall–Kier alpha value is -3.79. The van der Waals surface area contributed by atoms with Crippen LogP contribution in [0.1, 0.15) is 38.3 Å². The van der Waals surface area contributed by atoms with Crippen molar-refractivity contribution in [1.82, 2.24) is 10.2 Å². The summed E-state index contributed by atoms with van der Waals surface area (Å²) in [6, 6.07) is 15.5. The Bertz CT molecular complexity index is 1400. The molecule has 1 N–H and O–H groups in total. The first-order chi connectivity index (χ1) is 18.4. The number of nitrogens with zero attached hydrogens (tertiary/aromatic N) is 2. The van der Waals surface area contributed by atoms with E-state index in [1.807, 2.05) is 13.8 Å². The second kappa shape index (κ2) is 12.8. The van der Waals surface area contributed by atoms with E-state index in [9.17, 15) is 26.8 Å². The zero-order valence-corrected chi connectivity index (χ0v) is 23.2. The van der Waals surface area contributed by atoms with Gasteiger partial charge in [-0.25, -0.2) is 17.2 Å². The molecule has 3 aromatic rings. The molecule has 0 saturated carbocycles. The van der Waals surface area contributed by atoms with Gasteiger partial charge in [0.05, 0.1) is 10.6 Å². The van der Waals surface area contributed by atoms with Crippen molar-refractivity contribution in [2.45, 2.75) is 57.6 Å². The number of carbonyl (C=O) groups is 2. The summed E-state index contributed by atoms with van der Waals surface area (Å²) in [5, 5.41) is 2.83. The number of hydrogen-bond donors (Lipinski definition) is 1. The highest BCUT2D eigenvalue weighted by molar-refractivity contribution is 7.92. The Morgan fingerprint density at radius 1 is 0.923 bits per heavy atom. The number of benzene rings is 3. The lowest BCUT2D eigenvalue weighted by Gasteiger charge is -2.32. The average Bonchev–Trinajstić information content (AvgIpc) is 2.91. The SMILES string of the molecule is CC[C@H](C)NC(=O)[C@H](C)N(Cc1ccc(F)cc1)C(=O)CN(c1ccccc1F)S(=O)(=O)c1ccc(C)cc1. The van der Waals surface area contributed by atoms with Crippen LogP contribution in [0.15, 0.2) is 77.7 Å². The summed E-state index contributed by atoms with van der Waals surface area (Å²) in [5.74, 6) is -2.45. The van der Waals surface area contributed by atoms with E-state index in [0.29, 0.717) is 16.3 Å². The molecule has 0 unspecified atom stereocenters. The van der Waals surface area contributed by atoms with Gasteiger partial charge in [0.1, 0.15) is 24.2 Å². The second-order valence-electron chi connectivity index (χ2n) is 9.42. The number of sulfonamides is 1. The van der Waals surface area contributed by atoms with Crippen molar-refractivity contribution < 1.29 is 26.8 Å². The number of halogens is 2. The van der Waals surface area contributed by atoms with Crippen LogP contribution in [-0.2, 0) is 26.2 Å². The van der Waals surface area contributed by atoms with E-state index in [0.717, 1.165) is 11.6 Å². The number of rotatable bonds is 11. The van der Waals surface area contributed by atoms with Crippen molar-refractivity contribution >= 4 is 27.5 Å². The van der Waals surface area contributed by atoms with Crippen LogP contribution < -0.4 is 9.62 Å². The van der Waals surface area contributed by atoms with Gasteiger partial charge >= 0.3 is 0 Å². The number of amides is 2. The molecule has 0 aliphatic carbocycles. The van der Waals surface area contributed by atoms with Gasteiger partial charge in [-0.1, -0.05) is 48.9 Å². The Balaban J connectivity index is 2.03. The van der Waals surface area contributed by atoms with Crippen LogP contribution in [0.3, 0.4) is 0 Å². The summed E-state index contributed by atoms with van der Waals surface area (Å²) in [6.45, 7) is 6.20. The molecule has 3 aromatic carbocycles. The van der Waals surface area contributed by atoms with Crippen LogP contribution in [-0.4, -0.2) is 43.8 Å². The minimum absolute atomic E-state index is 0.0934. The Morgan fingerprint density at radius 3 is 2.13 bits per heavy atom. The maximum absolute atomic E-state index is 14.9. The van der Waals surface area contributed by atoms with Gasteiger partial charge in [0.2, 0.25) is 11.8 Å². The predicted molar refractivity (Wildman–Crippen MR) is 146 cm³/mol. The van der Waals surface area contributed by atoms with Gasteiger partial charge < -0.3 is 10.2 Å². The summed E-state index contributed by atoms with van der Waals surface area (Å²) >= 11 is 0. The maximum Gasteiger partial charge on any atom is 0.264 e. The Morgan fingerprint density at radius 2 is 1.54 bits per heavy atom. The minimum atomic E-state index is -4.37. The van der Waals surface area contributed by atoms with E-state index in [1.54, 1.807) is 19.1 Å². The van der Waals surface area contributed by atoms with Gasteiger partial charge in [0, 0.05) is 12.6 Å². The fourth-order valence-electron chi connectivity index (χ4n) is 3.84. The van der Waals surface area contributed by atoms with Crippen LogP contribution >= 0.6 is 0 Å². The zero-order valence-electron chi connectivity index (χ0n) is 22.4. The fraction of sp³-hybridized carbons (Fsp3) is 0.310. The van der Waals surface area contributed by atoms with Crippen LogP contribution in [0, 0.1) is 18.6 Å². The van der Waals surface area contributed by atoms with E-state index in [-0.39, 0.29) is 23.2 Å². The van der Waals surface area contributed by atoms with E-state index in [2.05, 4.69) is 5.32 Å². The molecular formula is C29H33F2N3O4S. The van der Waals surface area contributed by atoms with Gasteiger partial charge in [0.15, 0.2) is 0 Å². The second-order valence-corrected chi connectivity index (χ2v) is 11.3. The highest BCUT2D eigenvalue weighted by atomic mass is 32.2. The lowest BCUT2D eigenvalue weighted by molar-refractivity contribution is -0.139. The lowest BCUT2D eigenvalue weighted by Crippen LogP contribution is -2.52.